The molecular weight excluding hydrogens is 232 g/mol. The standard InChI is InChI=1S/C15H21ClO/c1-11(2)12-7-5-6-10-15(12,17)13-8-3-4-9-14(13)16/h3-4,8-9,11-12,17H,5-7,10H2,1-2H3. The summed E-state index contributed by atoms with van der Waals surface area (Å²) < 4.78 is 0. The lowest BCUT2D eigenvalue weighted by molar-refractivity contribution is -0.0720. The smallest absolute Gasteiger partial charge is 0.0941 e. The van der Waals surface area contributed by atoms with E-state index in [-0.39, 0.29) is 0 Å². The van der Waals surface area contributed by atoms with Gasteiger partial charge in [-0.3, -0.25) is 0 Å². The van der Waals surface area contributed by atoms with Gasteiger partial charge in [-0.25, -0.2) is 0 Å². The molecule has 2 atom stereocenters. The molecule has 1 aliphatic carbocycles. The molecule has 1 aromatic carbocycles. The van der Waals surface area contributed by atoms with Crippen molar-refractivity contribution in [1.82, 2.24) is 0 Å². The van der Waals surface area contributed by atoms with Gasteiger partial charge in [-0.1, -0.05) is 56.5 Å². The summed E-state index contributed by atoms with van der Waals surface area (Å²) in [7, 11) is 0. The summed E-state index contributed by atoms with van der Waals surface area (Å²) in [6, 6.07) is 7.73. The van der Waals surface area contributed by atoms with Gasteiger partial charge >= 0.3 is 0 Å². The Kier molecular flexibility index (Phi) is 3.79. The molecule has 0 radical (unpaired) electrons. The van der Waals surface area contributed by atoms with E-state index in [0.29, 0.717) is 16.9 Å². The zero-order chi connectivity index (χ0) is 12.5. The zero-order valence-corrected chi connectivity index (χ0v) is 11.4. The van der Waals surface area contributed by atoms with Crippen LogP contribution < -0.4 is 0 Å². The fourth-order valence-corrected chi connectivity index (χ4v) is 3.51. The Morgan fingerprint density at radius 2 is 2.00 bits per heavy atom. The molecule has 17 heavy (non-hydrogen) atoms. The van der Waals surface area contributed by atoms with Gasteiger partial charge < -0.3 is 5.11 Å². The summed E-state index contributed by atoms with van der Waals surface area (Å²) in [5, 5.41) is 11.8. The van der Waals surface area contributed by atoms with Gasteiger partial charge in [-0.2, -0.15) is 0 Å². The van der Waals surface area contributed by atoms with Gasteiger partial charge in [-0.05, 0) is 30.7 Å². The predicted molar refractivity (Wildman–Crippen MR) is 72.1 cm³/mol. The van der Waals surface area contributed by atoms with Crippen molar-refractivity contribution in [3.63, 3.8) is 0 Å². The lowest BCUT2D eigenvalue weighted by atomic mass is 9.67. The second-order valence-electron chi connectivity index (χ2n) is 5.50. The summed E-state index contributed by atoms with van der Waals surface area (Å²) in [5.41, 5.74) is 0.185. The van der Waals surface area contributed by atoms with Crippen LogP contribution in [0.25, 0.3) is 0 Å². The van der Waals surface area contributed by atoms with Crippen LogP contribution in [-0.2, 0) is 5.60 Å². The lowest BCUT2D eigenvalue weighted by Crippen LogP contribution is -2.40. The number of rotatable bonds is 2. The predicted octanol–water partition coefficient (Wildman–Crippen LogP) is 4.37. The van der Waals surface area contributed by atoms with Crippen molar-refractivity contribution in [2.24, 2.45) is 11.8 Å². The largest absolute Gasteiger partial charge is 0.385 e. The van der Waals surface area contributed by atoms with E-state index in [1.54, 1.807) is 0 Å². The van der Waals surface area contributed by atoms with Crippen molar-refractivity contribution < 1.29 is 5.11 Å². The second kappa shape index (κ2) is 4.99. The Balaban J connectivity index is 2.41. The first-order chi connectivity index (χ1) is 8.05. The monoisotopic (exact) mass is 252 g/mol. The molecule has 1 N–H and O–H groups in total. The summed E-state index contributed by atoms with van der Waals surface area (Å²) in [6.45, 7) is 4.38. The molecule has 94 valence electrons. The molecule has 1 aliphatic rings. The maximum atomic E-state index is 11.1. The lowest BCUT2D eigenvalue weighted by Gasteiger charge is -2.43. The van der Waals surface area contributed by atoms with E-state index >= 15 is 0 Å². The van der Waals surface area contributed by atoms with Crippen molar-refractivity contribution in [3.8, 4) is 0 Å². The van der Waals surface area contributed by atoms with Gasteiger partial charge in [0.05, 0.1) is 5.60 Å². The first-order valence-corrected chi connectivity index (χ1v) is 6.91. The topological polar surface area (TPSA) is 20.2 Å². The fourth-order valence-electron chi connectivity index (χ4n) is 3.21. The van der Waals surface area contributed by atoms with Crippen LogP contribution in [0.2, 0.25) is 5.02 Å². The maximum absolute atomic E-state index is 11.1. The molecule has 2 heteroatoms. The summed E-state index contributed by atoms with van der Waals surface area (Å²) in [5.74, 6) is 0.799. The Bertz CT molecular complexity index is 388. The summed E-state index contributed by atoms with van der Waals surface area (Å²) >= 11 is 6.26. The van der Waals surface area contributed by atoms with Crippen LogP contribution in [0.5, 0.6) is 0 Å². The normalized spacial score (nSPS) is 29.6. The minimum absolute atomic E-state index is 0.316. The average Bonchev–Trinajstić information content (AvgIpc) is 2.29. The molecule has 0 saturated heterocycles. The molecule has 0 amide bonds. The van der Waals surface area contributed by atoms with Gasteiger partial charge in [0.15, 0.2) is 0 Å². The van der Waals surface area contributed by atoms with E-state index in [1.165, 1.54) is 6.42 Å². The molecule has 0 bridgehead atoms. The van der Waals surface area contributed by atoms with E-state index in [4.69, 9.17) is 11.6 Å². The molecule has 2 unspecified atom stereocenters. The number of hydrogen-bond donors (Lipinski definition) is 1. The zero-order valence-electron chi connectivity index (χ0n) is 10.6. The van der Waals surface area contributed by atoms with Crippen LogP contribution >= 0.6 is 11.6 Å². The van der Waals surface area contributed by atoms with E-state index in [1.807, 2.05) is 24.3 Å². The van der Waals surface area contributed by atoms with Crippen LogP contribution in [0, 0.1) is 11.8 Å². The van der Waals surface area contributed by atoms with Gasteiger partial charge in [0, 0.05) is 10.6 Å². The molecule has 1 nitrogen and oxygen atoms in total. The molecule has 0 spiro atoms. The van der Waals surface area contributed by atoms with Gasteiger partial charge in [-0.15, -0.1) is 0 Å². The Morgan fingerprint density at radius 3 is 2.65 bits per heavy atom. The minimum Gasteiger partial charge on any atom is -0.385 e. The molecule has 2 rings (SSSR count). The highest BCUT2D eigenvalue weighted by molar-refractivity contribution is 6.31. The van der Waals surface area contributed by atoms with Crippen LogP contribution in [-0.4, -0.2) is 5.11 Å². The van der Waals surface area contributed by atoms with Gasteiger partial charge in [0.25, 0.3) is 0 Å². The molecule has 1 saturated carbocycles. The Hall–Kier alpha value is -0.530. The molecule has 1 aromatic rings. The average molecular weight is 253 g/mol. The van der Waals surface area contributed by atoms with Crippen molar-refractivity contribution in [2.45, 2.75) is 45.1 Å². The third-order valence-corrected chi connectivity index (χ3v) is 4.41. The van der Waals surface area contributed by atoms with E-state index in [9.17, 15) is 5.11 Å². The Labute approximate surface area is 109 Å². The first-order valence-electron chi connectivity index (χ1n) is 6.53. The maximum Gasteiger partial charge on any atom is 0.0941 e. The molecule has 1 fully saturated rings. The molecular formula is C15H21ClO. The van der Waals surface area contributed by atoms with Gasteiger partial charge in [0.1, 0.15) is 0 Å². The molecule has 0 heterocycles. The van der Waals surface area contributed by atoms with Crippen molar-refractivity contribution in [1.29, 1.82) is 0 Å². The summed E-state index contributed by atoms with van der Waals surface area (Å²) in [6.07, 6.45) is 4.24. The van der Waals surface area contributed by atoms with E-state index in [0.717, 1.165) is 24.8 Å². The van der Waals surface area contributed by atoms with Crippen LogP contribution in [0.4, 0.5) is 0 Å². The highest BCUT2D eigenvalue weighted by atomic mass is 35.5. The van der Waals surface area contributed by atoms with Crippen molar-refractivity contribution in [3.05, 3.63) is 34.9 Å². The highest BCUT2D eigenvalue weighted by Crippen LogP contribution is 2.46. The SMILES string of the molecule is CC(C)C1CCCCC1(O)c1ccccc1Cl. The number of halogens is 1. The number of hydrogen-bond acceptors (Lipinski definition) is 1. The highest BCUT2D eigenvalue weighted by Gasteiger charge is 2.42. The van der Waals surface area contributed by atoms with Crippen LogP contribution in [0.15, 0.2) is 24.3 Å². The quantitative estimate of drug-likeness (QED) is 0.829. The van der Waals surface area contributed by atoms with E-state index in [2.05, 4.69) is 13.8 Å². The van der Waals surface area contributed by atoms with E-state index < -0.39 is 5.60 Å². The fraction of sp³-hybridized carbons (Fsp3) is 0.600. The van der Waals surface area contributed by atoms with Crippen LogP contribution in [0.1, 0.15) is 45.1 Å². The minimum atomic E-state index is -0.731. The second-order valence-corrected chi connectivity index (χ2v) is 5.91. The number of benzene rings is 1. The van der Waals surface area contributed by atoms with Crippen molar-refractivity contribution in [2.75, 3.05) is 0 Å². The van der Waals surface area contributed by atoms with Crippen molar-refractivity contribution >= 4 is 11.6 Å². The third kappa shape index (κ3) is 2.36. The summed E-state index contributed by atoms with van der Waals surface area (Å²) in [4.78, 5) is 0. The van der Waals surface area contributed by atoms with Gasteiger partial charge in [0.2, 0.25) is 0 Å². The third-order valence-electron chi connectivity index (χ3n) is 4.08. The van der Waals surface area contributed by atoms with Crippen LogP contribution in [0.3, 0.4) is 0 Å². The molecule has 0 aliphatic heterocycles. The molecule has 0 aromatic heterocycles. The number of aliphatic hydroxyl groups is 1. The first kappa shape index (κ1) is 12.9. The Morgan fingerprint density at radius 1 is 1.29 bits per heavy atom.